The first-order chi connectivity index (χ1) is 19.8. The molecule has 0 bridgehead atoms. The molecule has 0 aliphatic rings. The highest BCUT2D eigenvalue weighted by Crippen LogP contribution is 2.07. The van der Waals surface area contributed by atoms with E-state index in [1.807, 2.05) is 0 Å². The zero-order valence-electron chi connectivity index (χ0n) is 23.2. The van der Waals surface area contributed by atoms with E-state index in [0.29, 0.717) is 12.0 Å². The molecule has 1 rings (SSSR count). The molecule has 0 aliphatic heterocycles. The Bertz CT molecular complexity index is 1120. The van der Waals surface area contributed by atoms with E-state index in [1.165, 1.54) is 0 Å². The quantitative estimate of drug-likeness (QED) is 0.0420. The maximum absolute atomic E-state index is 13.4. The van der Waals surface area contributed by atoms with Crippen LogP contribution in [-0.2, 0) is 30.4 Å². The second-order valence-electron chi connectivity index (χ2n) is 9.39. The zero-order valence-corrected chi connectivity index (χ0v) is 23.2. The summed E-state index contributed by atoms with van der Waals surface area (Å²) < 4.78 is 0. The lowest BCUT2D eigenvalue weighted by molar-refractivity contribution is -0.143. The molecule has 17 nitrogen and oxygen atoms in total. The molecule has 0 heterocycles. The van der Waals surface area contributed by atoms with Crippen molar-refractivity contribution in [2.24, 2.45) is 44.4 Å². The van der Waals surface area contributed by atoms with Gasteiger partial charge in [-0.05, 0) is 31.2 Å². The summed E-state index contributed by atoms with van der Waals surface area (Å²) in [7, 11) is 0. The normalized spacial score (nSPS) is 13.4. The van der Waals surface area contributed by atoms with Gasteiger partial charge in [0.1, 0.15) is 18.1 Å². The van der Waals surface area contributed by atoms with E-state index >= 15 is 0 Å². The largest absolute Gasteiger partial charge is 0.480 e. The molecule has 4 atom stereocenters. The topological polar surface area (TPSA) is 323 Å². The van der Waals surface area contributed by atoms with E-state index in [0.717, 1.165) is 0 Å². The Balaban J connectivity index is 3.12. The summed E-state index contributed by atoms with van der Waals surface area (Å²) in [5.74, 6) is -4.93. The van der Waals surface area contributed by atoms with Crippen LogP contribution in [0, 0.1) is 0 Å². The third kappa shape index (κ3) is 14.5. The van der Waals surface area contributed by atoms with Gasteiger partial charge in [0.15, 0.2) is 11.9 Å². The number of nitrogens with one attached hydrogen (secondary N) is 3. The highest BCUT2D eigenvalue weighted by atomic mass is 16.4. The number of carboxylic acid groups (broad SMARTS) is 1. The second-order valence-corrected chi connectivity index (χ2v) is 9.39. The number of carbonyl (C=O) groups is 5. The number of aliphatic carboxylic acids is 1. The first-order valence-electron chi connectivity index (χ1n) is 13.1. The summed E-state index contributed by atoms with van der Waals surface area (Å²) in [5, 5.41) is 16.8. The molecule has 4 unspecified atom stereocenters. The van der Waals surface area contributed by atoms with E-state index in [1.54, 1.807) is 30.3 Å². The highest BCUT2D eigenvalue weighted by Gasteiger charge is 2.31. The standard InChI is InChI=1S/C25H41N11O6/c26-15(8-4-10-32-24(28)29)20(38)35-17(12-14-6-2-1-3-7-14)22(40)34-16(9-5-11-33-25(30)31)21(39)36-18(23(41)42)13-19(27)37/h1-3,6-7,15-18H,4-5,8-13,26H2,(H2,27,37)(H,34,40)(H,35,38)(H,36,39)(H,41,42)(H4,28,29,32)(H4,30,31,33). The van der Waals surface area contributed by atoms with Gasteiger partial charge in [-0.3, -0.25) is 29.2 Å². The number of hydrogen-bond acceptors (Lipinski definition) is 8. The first-order valence-corrected chi connectivity index (χ1v) is 13.1. The maximum Gasteiger partial charge on any atom is 0.326 e. The number of carboxylic acids is 1. The molecule has 42 heavy (non-hydrogen) atoms. The molecular weight excluding hydrogens is 550 g/mol. The van der Waals surface area contributed by atoms with E-state index in [2.05, 4.69) is 25.9 Å². The van der Waals surface area contributed by atoms with Crippen molar-refractivity contribution in [2.75, 3.05) is 13.1 Å². The molecule has 0 fully saturated rings. The number of hydrogen-bond donors (Lipinski definition) is 10. The van der Waals surface area contributed by atoms with Crippen LogP contribution in [0.5, 0.6) is 0 Å². The lowest BCUT2D eigenvalue weighted by Gasteiger charge is -2.25. The van der Waals surface area contributed by atoms with E-state index in [9.17, 15) is 29.1 Å². The summed E-state index contributed by atoms with van der Waals surface area (Å²) in [6.07, 6.45) is 0.253. The molecule has 1 aromatic rings. The van der Waals surface area contributed by atoms with Crippen molar-refractivity contribution in [3.8, 4) is 0 Å². The number of primary amides is 1. The van der Waals surface area contributed by atoms with Gasteiger partial charge in [0.2, 0.25) is 23.6 Å². The van der Waals surface area contributed by atoms with Crippen molar-refractivity contribution < 1.29 is 29.1 Å². The average molecular weight is 592 g/mol. The fourth-order valence-corrected chi connectivity index (χ4v) is 3.71. The lowest BCUT2D eigenvalue weighted by atomic mass is 10.0. The second kappa shape index (κ2) is 18.4. The summed E-state index contributed by atoms with van der Waals surface area (Å²) in [6.45, 7) is 0.380. The molecule has 0 saturated heterocycles. The smallest absolute Gasteiger partial charge is 0.326 e. The minimum Gasteiger partial charge on any atom is -0.480 e. The van der Waals surface area contributed by atoms with Crippen molar-refractivity contribution in [1.82, 2.24) is 16.0 Å². The molecule has 0 spiro atoms. The SMILES string of the molecule is NC(=O)CC(NC(=O)C(CCCN=C(N)N)NC(=O)C(Cc1ccccc1)NC(=O)C(N)CCCN=C(N)N)C(=O)O. The van der Waals surface area contributed by atoms with Crippen LogP contribution >= 0.6 is 0 Å². The van der Waals surface area contributed by atoms with Crippen LogP contribution in [0.25, 0.3) is 0 Å². The van der Waals surface area contributed by atoms with Crippen LogP contribution in [0.2, 0.25) is 0 Å². The Kier molecular flexibility index (Phi) is 15.4. The van der Waals surface area contributed by atoms with Gasteiger partial charge < -0.3 is 55.5 Å². The van der Waals surface area contributed by atoms with Gasteiger partial charge in [0.05, 0.1) is 12.5 Å². The number of benzene rings is 1. The van der Waals surface area contributed by atoms with Gasteiger partial charge in [-0.25, -0.2) is 4.79 Å². The minimum atomic E-state index is -1.62. The molecule has 4 amide bonds. The van der Waals surface area contributed by atoms with Gasteiger partial charge in [-0.2, -0.15) is 0 Å². The number of amides is 4. The molecular formula is C25H41N11O6. The average Bonchev–Trinajstić information content (AvgIpc) is 2.91. The van der Waals surface area contributed by atoms with Crippen LogP contribution in [0.4, 0.5) is 0 Å². The molecule has 232 valence electrons. The Hall–Kier alpha value is -4.93. The van der Waals surface area contributed by atoms with Crippen LogP contribution in [0.1, 0.15) is 37.7 Å². The van der Waals surface area contributed by atoms with Crippen LogP contribution in [0.15, 0.2) is 40.3 Å². The maximum atomic E-state index is 13.4. The van der Waals surface area contributed by atoms with Crippen molar-refractivity contribution in [3.05, 3.63) is 35.9 Å². The van der Waals surface area contributed by atoms with E-state index in [-0.39, 0.29) is 50.7 Å². The molecule has 1 aromatic carbocycles. The fraction of sp³-hybridized carbons (Fsp3) is 0.480. The monoisotopic (exact) mass is 591 g/mol. The summed E-state index contributed by atoms with van der Waals surface area (Å²) >= 11 is 0. The third-order valence-electron chi connectivity index (χ3n) is 5.82. The Morgan fingerprint density at radius 1 is 0.714 bits per heavy atom. The van der Waals surface area contributed by atoms with Gasteiger partial charge in [0.25, 0.3) is 0 Å². The van der Waals surface area contributed by atoms with E-state index < -0.39 is 60.2 Å². The van der Waals surface area contributed by atoms with Crippen LogP contribution in [0.3, 0.4) is 0 Å². The van der Waals surface area contributed by atoms with Gasteiger partial charge in [0, 0.05) is 19.5 Å². The number of rotatable bonds is 19. The predicted molar refractivity (Wildman–Crippen MR) is 155 cm³/mol. The molecule has 16 N–H and O–H groups in total. The van der Waals surface area contributed by atoms with Crippen LogP contribution < -0.4 is 50.4 Å². The number of aliphatic imine (C=N–C) groups is 2. The van der Waals surface area contributed by atoms with Gasteiger partial charge in [-0.1, -0.05) is 30.3 Å². The fourth-order valence-electron chi connectivity index (χ4n) is 3.71. The van der Waals surface area contributed by atoms with Crippen molar-refractivity contribution in [1.29, 1.82) is 0 Å². The van der Waals surface area contributed by atoms with Crippen molar-refractivity contribution >= 4 is 41.5 Å². The first kappa shape index (κ1) is 35.1. The van der Waals surface area contributed by atoms with Crippen molar-refractivity contribution in [2.45, 2.75) is 62.7 Å². The summed E-state index contributed by atoms with van der Waals surface area (Å²) in [4.78, 5) is 69.8. The number of nitrogens with zero attached hydrogens (tertiary/aromatic N) is 2. The van der Waals surface area contributed by atoms with Gasteiger partial charge in [-0.15, -0.1) is 0 Å². The number of guanidine groups is 2. The highest BCUT2D eigenvalue weighted by molar-refractivity contribution is 5.95. The Morgan fingerprint density at radius 2 is 1.21 bits per heavy atom. The lowest BCUT2D eigenvalue weighted by Crippen LogP contribution is -2.57. The molecule has 0 saturated carbocycles. The summed E-state index contributed by atoms with van der Waals surface area (Å²) in [6, 6.07) is 3.77. The van der Waals surface area contributed by atoms with Crippen LogP contribution in [-0.4, -0.2) is 83.9 Å². The number of carbonyl (C=O) groups excluding carboxylic acids is 4. The van der Waals surface area contributed by atoms with E-state index in [4.69, 9.17) is 34.4 Å². The molecule has 0 aliphatic carbocycles. The molecule has 0 radical (unpaired) electrons. The van der Waals surface area contributed by atoms with Gasteiger partial charge >= 0.3 is 5.97 Å². The zero-order chi connectivity index (χ0) is 31.7. The molecule has 0 aromatic heterocycles. The Morgan fingerprint density at radius 3 is 1.74 bits per heavy atom. The Labute approximate surface area is 242 Å². The number of nitrogens with two attached hydrogens (primary N) is 6. The minimum absolute atomic E-state index is 0.00638. The summed E-state index contributed by atoms with van der Waals surface area (Å²) in [5.41, 5.74) is 33.1. The molecule has 17 heteroatoms. The predicted octanol–water partition coefficient (Wildman–Crippen LogP) is -3.92. The van der Waals surface area contributed by atoms with Crippen molar-refractivity contribution in [3.63, 3.8) is 0 Å². The third-order valence-corrected chi connectivity index (χ3v) is 5.82.